The average Bonchev–Trinajstić information content (AvgIpc) is 2.86. The third kappa shape index (κ3) is 8.82. The maximum absolute atomic E-state index is 13.2. The number of morpholine rings is 1. The van der Waals surface area contributed by atoms with E-state index in [0.717, 1.165) is 24.3 Å². The lowest BCUT2D eigenvalue weighted by Gasteiger charge is -2.29. The third-order valence-corrected chi connectivity index (χ3v) is 5.79. The number of carbonyl (C=O) groups excluding carboxylic acids is 2. The number of nitrogens with zero attached hydrogens (tertiary/aromatic N) is 1. The zero-order chi connectivity index (χ0) is 27.9. The van der Waals surface area contributed by atoms with Crippen LogP contribution >= 0.6 is 0 Å². The van der Waals surface area contributed by atoms with Crippen LogP contribution in [0, 0.1) is 0 Å². The molecule has 7 nitrogen and oxygen atoms in total. The molecule has 208 valence electrons. The van der Waals surface area contributed by atoms with Gasteiger partial charge in [0.2, 0.25) is 11.8 Å². The van der Waals surface area contributed by atoms with E-state index in [1.165, 1.54) is 24.3 Å². The van der Waals surface area contributed by atoms with Gasteiger partial charge in [-0.25, -0.2) is 0 Å². The van der Waals surface area contributed by atoms with E-state index in [1.54, 1.807) is 11.8 Å². The summed E-state index contributed by atoms with van der Waals surface area (Å²) < 4.78 is 85.0. The standard InChI is InChI=1S/C25H27F6N3O4/c1-16(15-32-19-6-8-20(9-7-19)38-25(29,30)31)33-23(36)21(14-22(35)34-10-12-37-13-11-34)17-2-4-18(5-3-17)24(26,27)28/h2-9,16,21,32H,10-15H2,1H3,(H,33,36)/t16-,21?/m0/s1. The van der Waals surface area contributed by atoms with Gasteiger partial charge in [0.15, 0.2) is 0 Å². The number of alkyl halides is 6. The van der Waals surface area contributed by atoms with Crippen LogP contribution in [0.4, 0.5) is 32.0 Å². The predicted octanol–water partition coefficient (Wildman–Crippen LogP) is 4.55. The van der Waals surface area contributed by atoms with Crippen LogP contribution in [0.15, 0.2) is 48.5 Å². The number of rotatable bonds is 9. The van der Waals surface area contributed by atoms with Crippen molar-refractivity contribution in [2.24, 2.45) is 0 Å². The minimum absolute atomic E-state index is 0.183. The lowest BCUT2D eigenvalue weighted by Crippen LogP contribution is -2.44. The molecule has 0 bridgehead atoms. The van der Waals surface area contributed by atoms with Crippen LogP contribution in [0.3, 0.4) is 0 Å². The summed E-state index contributed by atoms with van der Waals surface area (Å²) >= 11 is 0. The molecule has 0 saturated carbocycles. The van der Waals surface area contributed by atoms with Crippen molar-refractivity contribution in [2.75, 3.05) is 38.2 Å². The fourth-order valence-corrected chi connectivity index (χ4v) is 3.82. The molecule has 1 heterocycles. The summed E-state index contributed by atoms with van der Waals surface area (Å²) in [7, 11) is 0. The maximum atomic E-state index is 13.2. The van der Waals surface area contributed by atoms with Gasteiger partial charge in [0.1, 0.15) is 5.75 Å². The van der Waals surface area contributed by atoms with Gasteiger partial charge < -0.3 is 25.0 Å². The SMILES string of the molecule is C[C@@H](CNc1ccc(OC(F)(F)F)cc1)NC(=O)C(CC(=O)N1CCOCC1)c1ccc(C(F)(F)F)cc1. The Kier molecular flexibility index (Phi) is 9.47. The van der Waals surface area contributed by atoms with E-state index >= 15 is 0 Å². The van der Waals surface area contributed by atoms with Gasteiger partial charge in [-0.15, -0.1) is 13.2 Å². The van der Waals surface area contributed by atoms with E-state index in [0.29, 0.717) is 32.0 Å². The van der Waals surface area contributed by atoms with Crippen molar-refractivity contribution in [2.45, 2.75) is 37.8 Å². The highest BCUT2D eigenvalue weighted by Gasteiger charge is 2.33. The highest BCUT2D eigenvalue weighted by Crippen LogP contribution is 2.31. The van der Waals surface area contributed by atoms with Crippen LogP contribution < -0.4 is 15.4 Å². The molecule has 2 aromatic rings. The van der Waals surface area contributed by atoms with Crippen LogP contribution in [-0.2, 0) is 20.5 Å². The van der Waals surface area contributed by atoms with Crippen molar-refractivity contribution in [1.82, 2.24) is 10.2 Å². The van der Waals surface area contributed by atoms with Gasteiger partial charge in [-0.1, -0.05) is 12.1 Å². The number of carbonyl (C=O) groups is 2. The van der Waals surface area contributed by atoms with Crippen LogP contribution in [0.2, 0.25) is 0 Å². The van der Waals surface area contributed by atoms with Crippen molar-refractivity contribution >= 4 is 17.5 Å². The molecule has 1 aliphatic heterocycles. The number of amides is 2. The molecule has 13 heteroatoms. The number of halogens is 6. The molecule has 2 N–H and O–H groups in total. The Labute approximate surface area is 215 Å². The van der Waals surface area contributed by atoms with E-state index in [4.69, 9.17) is 4.74 Å². The van der Waals surface area contributed by atoms with Gasteiger partial charge in [0.05, 0.1) is 24.7 Å². The molecular weight excluding hydrogens is 520 g/mol. The summed E-state index contributed by atoms with van der Waals surface area (Å²) in [4.78, 5) is 27.6. The monoisotopic (exact) mass is 547 g/mol. The quantitative estimate of drug-likeness (QED) is 0.451. The summed E-state index contributed by atoms with van der Waals surface area (Å²) in [6.07, 6.45) is -9.59. The van der Waals surface area contributed by atoms with Crippen LogP contribution in [0.1, 0.15) is 30.4 Å². The summed E-state index contributed by atoms with van der Waals surface area (Å²) in [6, 6.07) is 8.64. The smallest absolute Gasteiger partial charge is 0.406 e. The number of ether oxygens (including phenoxy) is 2. The van der Waals surface area contributed by atoms with Gasteiger partial charge in [0.25, 0.3) is 0 Å². The zero-order valence-electron chi connectivity index (χ0n) is 20.4. The molecule has 0 radical (unpaired) electrons. The fourth-order valence-electron chi connectivity index (χ4n) is 3.82. The highest BCUT2D eigenvalue weighted by molar-refractivity contribution is 5.90. The number of anilines is 1. The number of hydrogen-bond donors (Lipinski definition) is 2. The maximum Gasteiger partial charge on any atom is 0.573 e. The number of nitrogens with one attached hydrogen (secondary N) is 2. The van der Waals surface area contributed by atoms with E-state index in [2.05, 4.69) is 15.4 Å². The molecule has 1 saturated heterocycles. The lowest BCUT2D eigenvalue weighted by atomic mass is 9.92. The summed E-state index contributed by atoms with van der Waals surface area (Å²) in [6.45, 7) is 3.27. The fraction of sp³-hybridized carbons (Fsp3) is 0.440. The van der Waals surface area contributed by atoms with E-state index in [1.807, 2.05) is 0 Å². The zero-order valence-corrected chi connectivity index (χ0v) is 20.4. The second-order valence-corrected chi connectivity index (χ2v) is 8.73. The normalized spacial score (nSPS) is 15.9. The summed E-state index contributed by atoms with van der Waals surface area (Å²) in [5, 5.41) is 5.72. The van der Waals surface area contributed by atoms with Crippen molar-refractivity contribution in [3.05, 3.63) is 59.7 Å². The third-order valence-electron chi connectivity index (χ3n) is 5.79. The van der Waals surface area contributed by atoms with Crippen LogP contribution in [-0.4, -0.2) is 62.0 Å². The Balaban J connectivity index is 1.65. The molecule has 1 fully saturated rings. The molecule has 0 aliphatic carbocycles. The van der Waals surface area contributed by atoms with Crippen molar-refractivity contribution in [1.29, 1.82) is 0 Å². The molecule has 3 rings (SSSR count). The Morgan fingerprint density at radius 1 is 0.974 bits per heavy atom. The lowest BCUT2D eigenvalue weighted by molar-refractivity contribution is -0.274. The average molecular weight is 547 g/mol. The van der Waals surface area contributed by atoms with Crippen molar-refractivity contribution in [3.63, 3.8) is 0 Å². The molecule has 38 heavy (non-hydrogen) atoms. The van der Waals surface area contributed by atoms with Crippen molar-refractivity contribution in [3.8, 4) is 5.75 Å². The Morgan fingerprint density at radius 2 is 1.58 bits per heavy atom. The second-order valence-electron chi connectivity index (χ2n) is 8.73. The minimum Gasteiger partial charge on any atom is -0.406 e. The molecule has 2 aromatic carbocycles. The molecular formula is C25H27F6N3O4. The topological polar surface area (TPSA) is 79.9 Å². The van der Waals surface area contributed by atoms with E-state index in [-0.39, 0.29) is 30.2 Å². The first kappa shape index (κ1) is 29.1. The Hall–Kier alpha value is -3.48. The molecule has 0 spiro atoms. The molecule has 2 atom stereocenters. The Morgan fingerprint density at radius 3 is 2.13 bits per heavy atom. The minimum atomic E-state index is -4.81. The van der Waals surface area contributed by atoms with E-state index < -0.39 is 36.0 Å². The van der Waals surface area contributed by atoms with Gasteiger partial charge in [-0.2, -0.15) is 13.2 Å². The molecule has 1 unspecified atom stereocenters. The molecule has 1 aliphatic rings. The largest absolute Gasteiger partial charge is 0.573 e. The van der Waals surface area contributed by atoms with Gasteiger partial charge in [0, 0.05) is 37.8 Å². The van der Waals surface area contributed by atoms with Crippen LogP contribution in [0.25, 0.3) is 0 Å². The first-order valence-corrected chi connectivity index (χ1v) is 11.7. The molecule has 0 aromatic heterocycles. The summed E-state index contributed by atoms with van der Waals surface area (Å²) in [5.41, 5.74) is -0.135. The van der Waals surface area contributed by atoms with Gasteiger partial charge >= 0.3 is 12.5 Å². The molecule has 2 amide bonds. The predicted molar refractivity (Wildman–Crippen MR) is 125 cm³/mol. The van der Waals surface area contributed by atoms with Crippen LogP contribution in [0.5, 0.6) is 5.75 Å². The van der Waals surface area contributed by atoms with Crippen molar-refractivity contribution < 1.29 is 45.4 Å². The number of hydrogen-bond acceptors (Lipinski definition) is 5. The second kappa shape index (κ2) is 12.4. The Bertz CT molecular complexity index is 1070. The van der Waals surface area contributed by atoms with Gasteiger partial charge in [-0.05, 0) is 48.9 Å². The highest BCUT2D eigenvalue weighted by atomic mass is 19.4. The van der Waals surface area contributed by atoms with E-state index in [9.17, 15) is 35.9 Å². The number of benzene rings is 2. The first-order chi connectivity index (χ1) is 17.8. The summed E-state index contributed by atoms with van der Waals surface area (Å²) in [5.74, 6) is -2.28. The first-order valence-electron chi connectivity index (χ1n) is 11.7. The van der Waals surface area contributed by atoms with Gasteiger partial charge in [-0.3, -0.25) is 9.59 Å².